The third-order valence-corrected chi connectivity index (χ3v) is 5.86. The van der Waals surface area contributed by atoms with Crippen molar-refractivity contribution >= 4 is 23.3 Å². The summed E-state index contributed by atoms with van der Waals surface area (Å²) < 4.78 is 19.3. The van der Waals surface area contributed by atoms with Gasteiger partial charge in [-0.05, 0) is 65.4 Å². The molecule has 1 atom stereocenters. The van der Waals surface area contributed by atoms with Crippen molar-refractivity contribution in [1.82, 2.24) is 0 Å². The van der Waals surface area contributed by atoms with Gasteiger partial charge < -0.3 is 15.4 Å². The second-order valence-electron chi connectivity index (χ2n) is 8.67. The van der Waals surface area contributed by atoms with Gasteiger partial charge in [-0.1, -0.05) is 38.1 Å². The summed E-state index contributed by atoms with van der Waals surface area (Å²) in [5, 5.41) is 6.22. The van der Waals surface area contributed by atoms with Crippen LogP contribution < -0.4 is 10.6 Å². The number of amides is 1. The maximum atomic E-state index is 14.5. The Morgan fingerprint density at radius 3 is 2.50 bits per heavy atom. The highest BCUT2D eigenvalue weighted by molar-refractivity contribution is 6.04. The normalized spacial score (nSPS) is 16.4. The number of ether oxygens (including phenoxy) is 1. The van der Waals surface area contributed by atoms with Crippen molar-refractivity contribution in [2.75, 3.05) is 17.7 Å². The van der Waals surface area contributed by atoms with Crippen molar-refractivity contribution in [2.24, 2.45) is 5.41 Å². The number of hydrogen-bond donors (Lipinski definition) is 2. The van der Waals surface area contributed by atoms with Gasteiger partial charge in [-0.2, -0.15) is 0 Å². The lowest BCUT2D eigenvalue weighted by Crippen LogP contribution is -2.35. The van der Waals surface area contributed by atoms with Crippen LogP contribution in [0.3, 0.4) is 0 Å². The van der Waals surface area contributed by atoms with E-state index >= 15 is 0 Å². The largest absolute Gasteiger partial charge is 0.465 e. The Balaban J connectivity index is 1.63. The molecule has 4 rings (SSSR count). The van der Waals surface area contributed by atoms with Crippen molar-refractivity contribution in [3.05, 3.63) is 94.8 Å². The first-order chi connectivity index (χ1) is 15.3. The number of carbonyl (C=O) groups is 2. The van der Waals surface area contributed by atoms with Crippen molar-refractivity contribution in [1.29, 1.82) is 0 Å². The molecule has 0 spiro atoms. The van der Waals surface area contributed by atoms with Crippen LogP contribution in [0.25, 0.3) is 0 Å². The smallest absolute Gasteiger partial charge is 0.337 e. The zero-order valence-electron chi connectivity index (χ0n) is 18.2. The van der Waals surface area contributed by atoms with E-state index in [9.17, 15) is 14.0 Å². The van der Waals surface area contributed by atoms with E-state index in [0.717, 1.165) is 16.8 Å². The third-order valence-electron chi connectivity index (χ3n) is 5.86. The van der Waals surface area contributed by atoms with Crippen LogP contribution in [-0.4, -0.2) is 19.0 Å². The van der Waals surface area contributed by atoms with Gasteiger partial charge in [0.15, 0.2) is 0 Å². The minimum absolute atomic E-state index is 0.119. The third kappa shape index (κ3) is 4.21. The highest BCUT2D eigenvalue weighted by Gasteiger charge is 2.36. The predicted octanol–water partition coefficient (Wildman–Crippen LogP) is 5.60. The van der Waals surface area contributed by atoms with Crippen LogP contribution in [0.2, 0.25) is 0 Å². The Morgan fingerprint density at radius 1 is 1.03 bits per heavy atom. The van der Waals surface area contributed by atoms with E-state index < -0.39 is 5.82 Å². The molecule has 164 valence electrons. The van der Waals surface area contributed by atoms with Gasteiger partial charge in [0.1, 0.15) is 5.82 Å². The molecular formula is C26H25FN2O3. The van der Waals surface area contributed by atoms with Crippen molar-refractivity contribution in [2.45, 2.75) is 26.3 Å². The summed E-state index contributed by atoms with van der Waals surface area (Å²) in [6.07, 6.45) is 0.716. The number of nitrogens with one attached hydrogen (secondary N) is 2. The van der Waals surface area contributed by atoms with E-state index in [4.69, 9.17) is 4.74 Å². The lowest BCUT2D eigenvalue weighted by molar-refractivity contribution is 0.0600. The molecule has 6 heteroatoms. The molecule has 2 N–H and O–H groups in total. The van der Waals surface area contributed by atoms with E-state index in [1.807, 2.05) is 18.2 Å². The lowest BCUT2D eigenvalue weighted by Gasteiger charge is -2.41. The Labute approximate surface area is 186 Å². The van der Waals surface area contributed by atoms with Gasteiger partial charge in [0.2, 0.25) is 0 Å². The molecule has 0 bridgehead atoms. The summed E-state index contributed by atoms with van der Waals surface area (Å²) in [6.45, 7) is 4.23. The molecule has 3 aromatic carbocycles. The Hall–Kier alpha value is -3.67. The summed E-state index contributed by atoms with van der Waals surface area (Å²) in [7, 11) is 1.36. The molecule has 32 heavy (non-hydrogen) atoms. The van der Waals surface area contributed by atoms with E-state index in [2.05, 4.69) is 24.5 Å². The SMILES string of the molecule is COC(=O)c1ccc2c(c1)CC(C)(C)C(c1ccc(F)c(NC(=O)c3ccccc3)c1)N2. The van der Waals surface area contributed by atoms with Gasteiger partial charge in [0.05, 0.1) is 24.4 Å². The van der Waals surface area contributed by atoms with Crippen LogP contribution >= 0.6 is 0 Å². The Bertz CT molecular complexity index is 1170. The molecule has 0 aliphatic carbocycles. The van der Waals surface area contributed by atoms with Gasteiger partial charge >= 0.3 is 5.97 Å². The summed E-state index contributed by atoms with van der Waals surface area (Å²) in [5.41, 5.74) is 3.68. The molecule has 0 saturated carbocycles. The average Bonchev–Trinajstić information content (AvgIpc) is 2.79. The molecule has 0 aromatic heterocycles. The first-order valence-electron chi connectivity index (χ1n) is 10.4. The molecule has 0 radical (unpaired) electrons. The molecule has 1 aliphatic rings. The number of fused-ring (bicyclic) bond motifs is 1. The van der Waals surface area contributed by atoms with Crippen molar-refractivity contribution < 1.29 is 18.7 Å². The average molecular weight is 432 g/mol. The van der Waals surface area contributed by atoms with Crippen molar-refractivity contribution in [3.63, 3.8) is 0 Å². The molecule has 0 saturated heterocycles. The number of methoxy groups -OCH3 is 1. The van der Waals surface area contributed by atoms with Crippen LogP contribution in [-0.2, 0) is 11.2 Å². The van der Waals surface area contributed by atoms with Crippen LogP contribution in [0.4, 0.5) is 15.8 Å². The van der Waals surface area contributed by atoms with Crippen LogP contribution in [0.5, 0.6) is 0 Å². The topological polar surface area (TPSA) is 67.4 Å². The van der Waals surface area contributed by atoms with Gasteiger partial charge in [-0.3, -0.25) is 4.79 Å². The van der Waals surface area contributed by atoms with Gasteiger partial charge in [-0.15, -0.1) is 0 Å². The fourth-order valence-corrected chi connectivity index (χ4v) is 4.21. The number of hydrogen-bond acceptors (Lipinski definition) is 4. The van der Waals surface area contributed by atoms with E-state index in [1.165, 1.54) is 13.2 Å². The summed E-state index contributed by atoms with van der Waals surface area (Å²) in [5.74, 6) is -1.22. The molecule has 1 aliphatic heterocycles. The van der Waals surface area contributed by atoms with Gasteiger partial charge in [-0.25, -0.2) is 9.18 Å². The monoisotopic (exact) mass is 432 g/mol. The summed E-state index contributed by atoms with van der Waals surface area (Å²) in [4.78, 5) is 24.4. The summed E-state index contributed by atoms with van der Waals surface area (Å²) >= 11 is 0. The van der Waals surface area contributed by atoms with Crippen LogP contribution in [0.1, 0.15) is 51.7 Å². The molecule has 1 amide bonds. The zero-order chi connectivity index (χ0) is 22.9. The van der Waals surface area contributed by atoms with Gasteiger partial charge in [0.25, 0.3) is 5.91 Å². The maximum Gasteiger partial charge on any atom is 0.337 e. The highest BCUT2D eigenvalue weighted by Crippen LogP contribution is 2.45. The summed E-state index contributed by atoms with van der Waals surface area (Å²) in [6, 6.07) is 18.8. The molecular weight excluding hydrogens is 407 g/mol. The molecule has 1 heterocycles. The van der Waals surface area contributed by atoms with Crippen LogP contribution in [0, 0.1) is 11.2 Å². The predicted molar refractivity (Wildman–Crippen MR) is 122 cm³/mol. The fourth-order valence-electron chi connectivity index (χ4n) is 4.21. The number of rotatable bonds is 4. The lowest BCUT2D eigenvalue weighted by atomic mass is 9.72. The molecule has 0 fully saturated rings. The van der Waals surface area contributed by atoms with E-state index in [1.54, 1.807) is 42.5 Å². The minimum Gasteiger partial charge on any atom is -0.465 e. The van der Waals surface area contributed by atoms with E-state index in [0.29, 0.717) is 17.5 Å². The quantitative estimate of drug-likeness (QED) is 0.527. The number of esters is 1. The molecule has 3 aromatic rings. The second kappa shape index (κ2) is 8.46. The number of halogens is 1. The standard InChI is InChI=1S/C26H25FN2O3/c1-26(2)15-19-13-18(25(31)32-3)10-12-21(19)28-23(26)17-9-11-20(27)22(14-17)29-24(30)16-7-5-4-6-8-16/h4-14,23,28H,15H2,1-3H3,(H,29,30). The maximum absolute atomic E-state index is 14.5. The molecule has 5 nitrogen and oxygen atoms in total. The number of carbonyl (C=O) groups excluding carboxylic acids is 2. The number of benzene rings is 3. The minimum atomic E-state index is -0.491. The first kappa shape index (κ1) is 21.6. The van der Waals surface area contributed by atoms with Crippen LogP contribution in [0.15, 0.2) is 66.7 Å². The number of anilines is 2. The molecule has 1 unspecified atom stereocenters. The fraction of sp³-hybridized carbons (Fsp3) is 0.231. The zero-order valence-corrected chi connectivity index (χ0v) is 18.2. The van der Waals surface area contributed by atoms with E-state index in [-0.39, 0.29) is 29.0 Å². The Morgan fingerprint density at radius 2 is 1.78 bits per heavy atom. The Kier molecular flexibility index (Phi) is 5.70. The second-order valence-corrected chi connectivity index (χ2v) is 8.67. The van der Waals surface area contributed by atoms with Crippen molar-refractivity contribution in [3.8, 4) is 0 Å². The first-order valence-corrected chi connectivity index (χ1v) is 10.4. The van der Waals surface area contributed by atoms with Gasteiger partial charge in [0, 0.05) is 11.3 Å². The highest BCUT2D eigenvalue weighted by atomic mass is 19.1.